The molecule has 2 heterocycles. The minimum Gasteiger partial charge on any atom is -0.404 e. The Labute approximate surface area is 135 Å². The van der Waals surface area contributed by atoms with E-state index in [0.717, 1.165) is 22.2 Å². The highest BCUT2D eigenvalue weighted by atomic mass is 14.8. The molecule has 0 unspecified atom stereocenters. The molecule has 2 aromatic heterocycles. The largest absolute Gasteiger partial charge is 0.404 e. The fourth-order valence-corrected chi connectivity index (χ4v) is 3.41. The second-order valence-corrected chi connectivity index (χ2v) is 6.16. The minimum absolute atomic E-state index is 0.668. The van der Waals surface area contributed by atoms with Gasteiger partial charge in [0.05, 0.1) is 0 Å². The Morgan fingerprint density at radius 2 is 2.26 bits per heavy atom. The van der Waals surface area contributed by atoms with Crippen LogP contribution < -0.4 is 5.73 Å². The number of rotatable bonds is 3. The molecule has 0 saturated heterocycles. The Morgan fingerprint density at radius 1 is 1.39 bits per heavy atom. The van der Waals surface area contributed by atoms with Crippen molar-refractivity contribution in [2.24, 2.45) is 10.7 Å². The van der Waals surface area contributed by atoms with Crippen molar-refractivity contribution in [1.82, 2.24) is 9.97 Å². The van der Waals surface area contributed by atoms with Crippen LogP contribution in [0.15, 0.2) is 41.8 Å². The number of nitrogens with one attached hydrogen (secondary N) is 1. The molecule has 116 valence electrons. The molecule has 1 fully saturated rings. The molecule has 1 aliphatic carbocycles. The maximum absolute atomic E-state index is 5.76. The third-order valence-corrected chi connectivity index (χ3v) is 4.87. The van der Waals surface area contributed by atoms with Crippen molar-refractivity contribution >= 4 is 33.6 Å². The Balaban J connectivity index is 1.97. The highest BCUT2D eigenvalue weighted by Gasteiger charge is 2.23. The molecule has 3 aromatic rings. The summed E-state index contributed by atoms with van der Waals surface area (Å²) in [5.41, 5.74) is 10.2. The van der Waals surface area contributed by atoms with Gasteiger partial charge >= 0.3 is 0 Å². The lowest BCUT2D eigenvalue weighted by Gasteiger charge is -2.25. The Morgan fingerprint density at radius 3 is 2.96 bits per heavy atom. The molecule has 4 heteroatoms. The van der Waals surface area contributed by atoms with E-state index in [1.807, 2.05) is 6.20 Å². The van der Waals surface area contributed by atoms with Gasteiger partial charge in [0.25, 0.3) is 0 Å². The van der Waals surface area contributed by atoms with E-state index in [-0.39, 0.29) is 0 Å². The number of pyridine rings is 1. The number of aromatic nitrogens is 2. The van der Waals surface area contributed by atoms with Crippen molar-refractivity contribution < 1.29 is 0 Å². The lowest BCUT2D eigenvalue weighted by atomic mass is 9.79. The van der Waals surface area contributed by atoms with Gasteiger partial charge in [-0.15, -0.1) is 0 Å². The third-order valence-electron chi connectivity index (χ3n) is 4.87. The molecular weight excluding hydrogens is 284 g/mol. The van der Waals surface area contributed by atoms with Gasteiger partial charge < -0.3 is 10.7 Å². The fraction of sp³-hybridized carbons (Fsp3) is 0.263. The molecule has 0 radical (unpaired) electrons. The summed E-state index contributed by atoms with van der Waals surface area (Å²) in [7, 11) is 1.76. The van der Waals surface area contributed by atoms with Crippen LogP contribution in [0.4, 0.5) is 0 Å². The van der Waals surface area contributed by atoms with Crippen LogP contribution in [0.1, 0.15) is 36.3 Å². The molecule has 0 spiro atoms. The molecule has 4 nitrogen and oxygen atoms in total. The summed E-state index contributed by atoms with van der Waals surface area (Å²) in [6.45, 7) is 0. The molecule has 0 amide bonds. The molecule has 1 aromatic carbocycles. The highest BCUT2D eigenvalue weighted by molar-refractivity contribution is 6.13. The summed E-state index contributed by atoms with van der Waals surface area (Å²) in [4.78, 5) is 12.0. The van der Waals surface area contributed by atoms with Crippen LogP contribution in [-0.2, 0) is 0 Å². The van der Waals surface area contributed by atoms with Gasteiger partial charge in [-0.25, -0.2) is 4.98 Å². The van der Waals surface area contributed by atoms with Crippen LogP contribution in [0.5, 0.6) is 0 Å². The van der Waals surface area contributed by atoms with Crippen LogP contribution in [0.3, 0.4) is 0 Å². The second kappa shape index (κ2) is 5.54. The first-order chi connectivity index (χ1) is 11.3. The van der Waals surface area contributed by atoms with Crippen LogP contribution in [0.2, 0.25) is 0 Å². The van der Waals surface area contributed by atoms with Crippen LogP contribution >= 0.6 is 0 Å². The van der Waals surface area contributed by atoms with E-state index >= 15 is 0 Å². The Kier molecular flexibility index (Phi) is 3.37. The van der Waals surface area contributed by atoms with E-state index in [9.17, 15) is 0 Å². The van der Waals surface area contributed by atoms with E-state index in [1.54, 1.807) is 19.5 Å². The minimum atomic E-state index is 0.668. The van der Waals surface area contributed by atoms with E-state index < -0.39 is 0 Å². The van der Waals surface area contributed by atoms with Crippen molar-refractivity contribution in [3.63, 3.8) is 0 Å². The van der Waals surface area contributed by atoms with Crippen molar-refractivity contribution in [2.45, 2.75) is 25.2 Å². The molecular formula is C19H20N4. The average Bonchev–Trinajstić information content (AvgIpc) is 2.95. The number of benzene rings is 1. The number of allylic oxidation sites excluding steroid dienone is 1. The first-order valence-corrected chi connectivity index (χ1v) is 8.06. The van der Waals surface area contributed by atoms with Crippen LogP contribution in [0, 0.1) is 0 Å². The SMILES string of the molecule is CN=C/C(=C\N)c1ccc2cnc3[nH]cc(C4CCC4)c3c2c1. The summed E-state index contributed by atoms with van der Waals surface area (Å²) in [5, 5.41) is 3.66. The molecule has 1 saturated carbocycles. The van der Waals surface area contributed by atoms with Crippen molar-refractivity contribution in [3.8, 4) is 0 Å². The molecule has 0 bridgehead atoms. The van der Waals surface area contributed by atoms with Crippen molar-refractivity contribution in [2.75, 3.05) is 7.05 Å². The Bertz CT molecular complexity index is 929. The van der Waals surface area contributed by atoms with E-state index in [4.69, 9.17) is 5.73 Å². The maximum atomic E-state index is 5.76. The lowest BCUT2D eigenvalue weighted by molar-refractivity contribution is 0.422. The zero-order valence-corrected chi connectivity index (χ0v) is 13.2. The smallest absolute Gasteiger partial charge is 0.138 e. The quantitative estimate of drug-likeness (QED) is 0.719. The molecule has 23 heavy (non-hydrogen) atoms. The predicted molar refractivity (Wildman–Crippen MR) is 96.8 cm³/mol. The summed E-state index contributed by atoms with van der Waals surface area (Å²) < 4.78 is 0. The summed E-state index contributed by atoms with van der Waals surface area (Å²) in [5.74, 6) is 0.668. The van der Waals surface area contributed by atoms with Gasteiger partial charge in [-0.05, 0) is 41.3 Å². The van der Waals surface area contributed by atoms with E-state index in [2.05, 4.69) is 39.4 Å². The maximum Gasteiger partial charge on any atom is 0.138 e. The molecule has 0 atom stereocenters. The van der Waals surface area contributed by atoms with Gasteiger partial charge in [0.2, 0.25) is 0 Å². The number of hydrogen-bond acceptors (Lipinski definition) is 3. The average molecular weight is 304 g/mol. The highest BCUT2D eigenvalue weighted by Crippen LogP contribution is 2.41. The topological polar surface area (TPSA) is 67.1 Å². The normalized spacial score (nSPS) is 16.5. The van der Waals surface area contributed by atoms with E-state index in [0.29, 0.717) is 5.92 Å². The molecule has 0 aliphatic heterocycles. The molecule has 1 aliphatic rings. The lowest BCUT2D eigenvalue weighted by Crippen LogP contribution is -2.08. The zero-order chi connectivity index (χ0) is 15.8. The van der Waals surface area contributed by atoms with Gasteiger partial charge in [-0.1, -0.05) is 18.6 Å². The van der Waals surface area contributed by atoms with E-state index in [1.165, 1.54) is 35.6 Å². The first-order valence-electron chi connectivity index (χ1n) is 8.06. The summed E-state index contributed by atoms with van der Waals surface area (Å²) >= 11 is 0. The van der Waals surface area contributed by atoms with Gasteiger partial charge in [0.15, 0.2) is 0 Å². The second-order valence-electron chi connectivity index (χ2n) is 6.16. The number of nitrogens with two attached hydrogens (primary N) is 1. The van der Waals surface area contributed by atoms with Crippen LogP contribution in [-0.4, -0.2) is 23.2 Å². The first kappa shape index (κ1) is 14.0. The van der Waals surface area contributed by atoms with Gasteiger partial charge in [-0.2, -0.15) is 0 Å². The number of hydrogen-bond donors (Lipinski definition) is 2. The fourth-order valence-electron chi connectivity index (χ4n) is 3.41. The van der Waals surface area contributed by atoms with Gasteiger partial charge in [-0.3, -0.25) is 4.99 Å². The van der Waals surface area contributed by atoms with Gasteiger partial charge in [0.1, 0.15) is 5.65 Å². The standard InChI is InChI=1S/C19H20N4/c1-21-9-15(8-20)13-5-6-14-10-22-19-18(16(14)7-13)17(11-23-19)12-3-2-4-12/h5-12H,2-4,20H2,1H3,(H,22,23)/b15-8+,21-9?. The van der Waals surface area contributed by atoms with Crippen molar-refractivity contribution in [1.29, 1.82) is 0 Å². The van der Waals surface area contributed by atoms with Crippen molar-refractivity contribution in [3.05, 3.63) is 47.9 Å². The predicted octanol–water partition coefficient (Wildman–Crippen LogP) is 3.98. The number of H-pyrrole nitrogens is 1. The summed E-state index contributed by atoms with van der Waals surface area (Å²) in [6, 6.07) is 6.39. The van der Waals surface area contributed by atoms with Crippen LogP contribution in [0.25, 0.3) is 27.4 Å². The molecule has 4 rings (SSSR count). The zero-order valence-electron chi connectivity index (χ0n) is 13.2. The molecule has 3 N–H and O–H groups in total. The number of fused-ring (bicyclic) bond motifs is 3. The number of nitrogens with zero attached hydrogens (tertiary/aromatic N) is 2. The summed E-state index contributed by atoms with van der Waals surface area (Å²) in [6.07, 6.45) is 11.4. The number of aromatic amines is 1. The van der Waals surface area contributed by atoms with Gasteiger partial charge in [0, 0.05) is 48.2 Å². The Hall–Kier alpha value is -2.62. The monoisotopic (exact) mass is 304 g/mol. The number of aliphatic imine (C=N–C) groups is 1. The third kappa shape index (κ3) is 2.22.